The fraction of sp³-hybridized carbons (Fsp3) is 0.500. The van der Waals surface area contributed by atoms with Crippen LogP contribution in [0, 0.1) is 13.8 Å². The lowest BCUT2D eigenvalue weighted by Gasteiger charge is -2.21. The first-order chi connectivity index (χ1) is 8.44. The maximum Gasteiger partial charge on any atom is 0.126 e. The monoisotopic (exact) mass is 247 g/mol. The molecule has 2 rings (SSSR count). The summed E-state index contributed by atoms with van der Waals surface area (Å²) in [5, 5.41) is 0. The van der Waals surface area contributed by atoms with Crippen LogP contribution >= 0.6 is 0 Å². The maximum atomic E-state index is 6.27. The Bertz CT molecular complexity index is 537. The number of nitrogens with two attached hydrogens (primary N) is 1. The number of nitrogens with zero attached hydrogens (tertiary/aromatic N) is 1. The molecule has 0 amide bonds. The zero-order valence-electron chi connectivity index (χ0n) is 11.5. The van der Waals surface area contributed by atoms with Crippen molar-refractivity contribution in [2.24, 2.45) is 5.73 Å². The molecule has 0 radical (unpaired) electrons. The van der Waals surface area contributed by atoms with E-state index in [1.165, 1.54) is 0 Å². The molecule has 18 heavy (non-hydrogen) atoms. The van der Waals surface area contributed by atoms with Crippen molar-refractivity contribution in [3.8, 4) is 11.3 Å². The minimum Gasteiger partial charge on any atom is -0.466 e. The SMILES string of the molecule is CCCC(C)(N)c1ncc(-c2cc(C)oc2C)[nH]1. The molecule has 4 nitrogen and oxygen atoms in total. The molecule has 2 heterocycles. The van der Waals surface area contributed by atoms with Crippen molar-refractivity contribution in [1.29, 1.82) is 0 Å². The zero-order chi connectivity index (χ0) is 13.3. The van der Waals surface area contributed by atoms with E-state index in [9.17, 15) is 0 Å². The average Bonchev–Trinajstić information content (AvgIpc) is 2.85. The van der Waals surface area contributed by atoms with Gasteiger partial charge in [-0.3, -0.25) is 0 Å². The van der Waals surface area contributed by atoms with Crippen LogP contribution in [0.3, 0.4) is 0 Å². The second kappa shape index (κ2) is 4.61. The largest absolute Gasteiger partial charge is 0.466 e. The van der Waals surface area contributed by atoms with E-state index in [0.717, 1.165) is 41.4 Å². The highest BCUT2D eigenvalue weighted by Gasteiger charge is 2.24. The molecule has 2 aromatic rings. The molecule has 1 atom stereocenters. The van der Waals surface area contributed by atoms with Crippen LogP contribution < -0.4 is 5.73 Å². The standard InChI is InChI=1S/C14H21N3O/c1-5-6-14(4,15)13-16-8-12(17-13)11-7-9(2)18-10(11)3/h7-8H,5-6,15H2,1-4H3,(H,16,17). The molecule has 0 aliphatic carbocycles. The smallest absolute Gasteiger partial charge is 0.126 e. The van der Waals surface area contributed by atoms with Gasteiger partial charge in [-0.2, -0.15) is 0 Å². The highest BCUT2D eigenvalue weighted by molar-refractivity contribution is 5.61. The Kier molecular flexibility index (Phi) is 3.30. The molecule has 0 aromatic carbocycles. The summed E-state index contributed by atoms with van der Waals surface area (Å²) >= 11 is 0. The predicted molar refractivity (Wildman–Crippen MR) is 72.2 cm³/mol. The van der Waals surface area contributed by atoms with E-state index in [-0.39, 0.29) is 0 Å². The van der Waals surface area contributed by atoms with E-state index in [1.807, 2.05) is 33.0 Å². The molecule has 0 spiro atoms. The summed E-state index contributed by atoms with van der Waals surface area (Å²) in [4.78, 5) is 7.72. The number of hydrogen-bond donors (Lipinski definition) is 2. The van der Waals surface area contributed by atoms with Gasteiger partial charge in [-0.15, -0.1) is 0 Å². The summed E-state index contributed by atoms with van der Waals surface area (Å²) in [6.07, 6.45) is 3.77. The molecule has 0 aliphatic heterocycles. The fourth-order valence-corrected chi connectivity index (χ4v) is 2.28. The van der Waals surface area contributed by atoms with E-state index >= 15 is 0 Å². The van der Waals surface area contributed by atoms with Crippen molar-refractivity contribution in [3.05, 3.63) is 29.6 Å². The van der Waals surface area contributed by atoms with Crippen molar-refractivity contribution < 1.29 is 4.42 Å². The molecule has 2 aromatic heterocycles. The number of nitrogens with one attached hydrogen (secondary N) is 1. The van der Waals surface area contributed by atoms with Crippen LogP contribution in [-0.2, 0) is 5.54 Å². The van der Waals surface area contributed by atoms with Gasteiger partial charge in [-0.05, 0) is 33.3 Å². The minimum atomic E-state index is -0.403. The van der Waals surface area contributed by atoms with Gasteiger partial charge in [0.1, 0.15) is 17.3 Å². The maximum absolute atomic E-state index is 6.27. The van der Waals surface area contributed by atoms with Gasteiger partial charge in [0.15, 0.2) is 0 Å². The highest BCUT2D eigenvalue weighted by Crippen LogP contribution is 2.28. The summed E-state index contributed by atoms with van der Waals surface area (Å²) in [5.74, 6) is 2.64. The molecule has 0 fully saturated rings. The van der Waals surface area contributed by atoms with Crippen LogP contribution in [0.15, 0.2) is 16.7 Å². The first kappa shape index (κ1) is 12.9. The highest BCUT2D eigenvalue weighted by atomic mass is 16.3. The first-order valence-corrected chi connectivity index (χ1v) is 6.36. The molecule has 3 N–H and O–H groups in total. The number of aromatic amines is 1. The van der Waals surface area contributed by atoms with Crippen LogP contribution in [0.4, 0.5) is 0 Å². The number of hydrogen-bond acceptors (Lipinski definition) is 3. The van der Waals surface area contributed by atoms with Gasteiger partial charge in [0, 0.05) is 5.56 Å². The first-order valence-electron chi connectivity index (χ1n) is 6.36. The Morgan fingerprint density at radius 2 is 2.17 bits per heavy atom. The third kappa shape index (κ3) is 2.34. The van der Waals surface area contributed by atoms with Gasteiger partial charge in [-0.25, -0.2) is 4.98 Å². The fourth-order valence-electron chi connectivity index (χ4n) is 2.28. The van der Waals surface area contributed by atoms with Gasteiger partial charge >= 0.3 is 0 Å². The summed E-state index contributed by atoms with van der Waals surface area (Å²) in [6.45, 7) is 8.03. The third-order valence-corrected chi connectivity index (χ3v) is 3.22. The number of H-pyrrole nitrogens is 1. The summed E-state index contributed by atoms with van der Waals surface area (Å²) in [5.41, 5.74) is 7.88. The average molecular weight is 247 g/mol. The number of aromatic nitrogens is 2. The number of rotatable bonds is 4. The molecule has 0 saturated heterocycles. The van der Waals surface area contributed by atoms with Gasteiger partial charge in [0.05, 0.1) is 17.4 Å². The molecular weight excluding hydrogens is 226 g/mol. The number of imidazole rings is 1. The van der Waals surface area contributed by atoms with Gasteiger partial charge in [0.2, 0.25) is 0 Å². The number of aryl methyl sites for hydroxylation is 2. The summed E-state index contributed by atoms with van der Waals surface area (Å²) < 4.78 is 5.53. The normalized spacial score (nSPS) is 14.7. The van der Waals surface area contributed by atoms with E-state index < -0.39 is 5.54 Å². The Morgan fingerprint density at radius 1 is 1.44 bits per heavy atom. The van der Waals surface area contributed by atoms with E-state index in [2.05, 4.69) is 16.9 Å². The van der Waals surface area contributed by atoms with Crippen molar-refractivity contribution in [2.75, 3.05) is 0 Å². The molecular formula is C14H21N3O. The quantitative estimate of drug-likeness (QED) is 0.871. The molecule has 1 unspecified atom stereocenters. The lowest BCUT2D eigenvalue weighted by Crippen LogP contribution is -2.34. The summed E-state index contributed by atoms with van der Waals surface area (Å²) in [6, 6.07) is 2.01. The molecule has 0 saturated carbocycles. The molecule has 4 heteroatoms. The van der Waals surface area contributed by atoms with Crippen molar-refractivity contribution in [3.63, 3.8) is 0 Å². The Hall–Kier alpha value is -1.55. The topological polar surface area (TPSA) is 67.8 Å². The number of furan rings is 1. The van der Waals surface area contributed by atoms with E-state index in [0.29, 0.717) is 0 Å². The molecule has 0 aliphatic rings. The van der Waals surface area contributed by atoms with Crippen molar-refractivity contribution >= 4 is 0 Å². The zero-order valence-corrected chi connectivity index (χ0v) is 11.5. The second-order valence-corrected chi connectivity index (χ2v) is 5.14. The van der Waals surface area contributed by atoms with Crippen LogP contribution in [0.25, 0.3) is 11.3 Å². The van der Waals surface area contributed by atoms with Crippen LogP contribution in [0.2, 0.25) is 0 Å². The van der Waals surface area contributed by atoms with Crippen LogP contribution in [0.1, 0.15) is 44.0 Å². The molecule has 0 bridgehead atoms. The van der Waals surface area contributed by atoms with Gasteiger partial charge < -0.3 is 15.1 Å². The van der Waals surface area contributed by atoms with Crippen LogP contribution in [-0.4, -0.2) is 9.97 Å². The Morgan fingerprint density at radius 3 is 2.72 bits per heavy atom. The Labute approximate surface area is 108 Å². The van der Waals surface area contributed by atoms with Crippen molar-refractivity contribution in [1.82, 2.24) is 9.97 Å². The van der Waals surface area contributed by atoms with Crippen LogP contribution in [0.5, 0.6) is 0 Å². The second-order valence-electron chi connectivity index (χ2n) is 5.14. The Balaban J connectivity index is 2.34. The lowest BCUT2D eigenvalue weighted by atomic mass is 9.97. The van der Waals surface area contributed by atoms with Gasteiger partial charge in [-0.1, -0.05) is 13.3 Å². The third-order valence-electron chi connectivity index (χ3n) is 3.22. The van der Waals surface area contributed by atoms with Gasteiger partial charge in [0.25, 0.3) is 0 Å². The lowest BCUT2D eigenvalue weighted by molar-refractivity contribution is 0.423. The van der Waals surface area contributed by atoms with E-state index in [1.54, 1.807) is 0 Å². The summed E-state index contributed by atoms with van der Waals surface area (Å²) in [7, 11) is 0. The minimum absolute atomic E-state index is 0.403. The van der Waals surface area contributed by atoms with E-state index in [4.69, 9.17) is 10.2 Å². The predicted octanol–water partition coefficient (Wildman–Crippen LogP) is 3.26. The molecule has 98 valence electrons. The van der Waals surface area contributed by atoms with Crippen molar-refractivity contribution in [2.45, 2.75) is 46.1 Å².